The molecular weight excluding hydrogens is 384 g/mol. The molecule has 1 aromatic heterocycles. The van der Waals surface area contributed by atoms with Crippen LogP contribution in [0.4, 0.5) is 14.5 Å². The highest BCUT2D eigenvalue weighted by Gasteiger charge is 2.28. The number of hydrogen-bond acceptors (Lipinski definition) is 5. The summed E-state index contributed by atoms with van der Waals surface area (Å²) in [4.78, 5) is 25.5. The normalized spacial score (nSPS) is 16.7. The van der Waals surface area contributed by atoms with Gasteiger partial charge in [0, 0.05) is 31.5 Å². The van der Waals surface area contributed by atoms with E-state index in [0.717, 1.165) is 23.0 Å². The summed E-state index contributed by atoms with van der Waals surface area (Å²) < 4.78 is 34.1. The first-order valence-electron chi connectivity index (χ1n) is 7.85. The maximum absolute atomic E-state index is 14.8. The molecule has 0 saturated carbocycles. The second kappa shape index (κ2) is 7.93. The fourth-order valence-electron chi connectivity index (χ4n) is 3.25. The molecule has 146 valence electrons. The van der Waals surface area contributed by atoms with E-state index in [1.165, 1.54) is 7.11 Å². The molecule has 1 saturated heterocycles. The Morgan fingerprint density at radius 3 is 2.70 bits per heavy atom. The molecule has 1 fully saturated rings. The van der Waals surface area contributed by atoms with Crippen molar-refractivity contribution in [3.05, 3.63) is 40.2 Å². The van der Waals surface area contributed by atoms with Gasteiger partial charge in [-0.1, -0.05) is 0 Å². The van der Waals surface area contributed by atoms with E-state index in [2.05, 4.69) is 0 Å². The lowest BCUT2D eigenvalue weighted by atomic mass is 10.1. The van der Waals surface area contributed by atoms with Crippen molar-refractivity contribution in [2.24, 2.45) is 5.73 Å². The van der Waals surface area contributed by atoms with Gasteiger partial charge in [0.2, 0.25) is 5.43 Å². The Morgan fingerprint density at radius 1 is 1.48 bits per heavy atom. The number of aromatic nitrogens is 1. The number of carboxylic acids is 1. The lowest BCUT2D eigenvalue weighted by Crippen LogP contribution is -2.27. The number of methoxy groups -OCH3 is 1. The van der Waals surface area contributed by atoms with Gasteiger partial charge in [-0.25, -0.2) is 13.6 Å². The number of carboxylic acid groups (broad SMARTS) is 1. The van der Waals surface area contributed by atoms with Crippen LogP contribution in [-0.2, 0) is 0 Å². The average molecular weight is 402 g/mol. The molecule has 7 nitrogen and oxygen atoms in total. The minimum Gasteiger partial charge on any atom is -0.492 e. The molecule has 1 atom stereocenters. The summed E-state index contributed by atoms with van der Waals surface area (Å²) in [5.41, 5.74) is 4.59. The molecule has 3 rings (SSSR count). The molecule has 27 heavy (non-hydrogen) atoms. The zero-order valence-electron chi connectivity index (χ0n) is 14.3. The van der Waals surface area contributed by atoms with Gasteiger partial charge >= 0.3 is 5.97 Å². The Hall–Kier alpha value is -2.65. The van der Waals surface area contributed by atoms with Crippen LogP contribution < -0.4 is 20.8 Å². The molecule has 0 aliphatic carbocycles. The second-order valence-electron chi connectivity index (χ2n) is 5.99. The van der Waals surface area contributed by atoms with Crippen molar-refractivity contribution in [2.45, 2.75) is 12.5 Å². The summed E-state index contributed by atoms with van der Waals surface area (Å²) in [7, 11) is 1.30. The number of carbonyl (C=O) groups is 1. The topological polar surface area (TPSA) is 97.8 Å². The van der Waals surface area contributed by atoms with Gasteiger partial charge < -0.3 is 25.0 Å². The summed E-state index contributed by atoms with van der Waals surface area (Å²) in [6, 6.07) is 0.825. The third kappa shape index (κ3) is 3.47. The number of nitrogens with two attached hydrogens (primary N) is 1. The van der Waals surface area contributed by atoms with Crippen molar-refractivity contribution in [2.75, 3.05) is 25.1 Å². The Bertz CT molecular complexity index is 977. The highest BCUT2D eigenvalue weighted by Crippen LogP contribution is 2.39. The molecule has 1 unspecified atom stereocenters. The molecule has 0 amide bonds. The van der Waals surface area contributed by atoms with Gasteiger partial charge in [0.15, 0.2) is 11.6 Å². The van der Waals surface area contributed by atoms with Crippen LogP contribution in [0.15, 0.2) is 23.4 Å². The number of hydrogen-bond donors (Lipinski definition) is 2. The van der Waals surface area contributed by atoms with Crippen LogP contribution in [0.3, 0.4) is 0 Å². The zero-order chi connectivity index (χ0) is 19.0. The van der Waals surface area contributed by atoms with Crippen LogP contribution in [-0.4, -0.2) is 41.9 Å². The van der Waals surface area contributed by atoms with E-state index in [1.807, 2.05) is 0 Å². The molecule has 0 radical (unpaired) electrons. The number of anilines is 1. The number of nitrogens with zero attached hydrogens (tertiary/aromatic N) is 2. The molecule has 10 heteroatoms. The van der Waals surface area contributed by atoms with Crippen LogP contribution in [0, 0.1) is 5.82 Å². The number of rotatable bonds is 4. The fraction of sp³-hybridized carbons (Fsp3) is 0.294. The molecule has 0 spiro atoms. The van der Waals surface area contributed by atoms with Crippen LogP contribution in [0.2, 0.25) is 0 Å². The van der Waals surface area contributed by atoms with Crippen molar-refractivity contribution in [3.8, 4) is 5.75 Å². The number of halogens is 3. The molecule has 3 N–H and O–H groups in total. The molecule has 1 aliphatic heterocycles. The van der Waals surface area contributed by atoms with Gasteiger partial charge in [-0.3, -0.25) is 4.79 Å². The predicted molar refractivity (Wildman–Crippen MR) is 100 cm³/mol. The summed E-state index contributed by atoms with van der Waals surface area (Å²) >= 11 is 0. The van der Waals surface area contributed by atoms with Gasteiger partial charge in [0.1, 0.15) is 23.1 Å². The number of pyridine rings is 1. The van der Waals surface area contributed by atoms with Crippen molar-refractivity contribution in [1.82, 2.24) is 4.57 Å². The predicted octanol–water partition coefficient (Wildman–Crippen LogP) is 2.20. The van der Waals surface area contributed by atoms with Gasteiger partial charge in [-0.15, -0.1) is 12.4 Å². The summed E-state index contributed by atoms with van der Waals surface area (Å²) in [5.74, 6) is -2.22. The second-order valence-corrected chi connectivity index (χ2v) is 5.99. The van der Waals surface area contributed by atoms with Crippen molar-refractivity contribution in [1.29, 1.82) is 0 Å². The van der Waals surface area contributed by atoms with Crippen molar-refractivity contribution < 1.29 is 23.4 Å². The van der Waals surface area contributed by atoms with E-state index in [9.17, 15) is 23.5 Å². The monoisotopic (exact) mass is 401 g/mol. The fourth-order valence-corrected chi connectivity index (χ4v) is 3.25. The van der Waals surface area contributed by atoms with Crippen LogP contribution in [0.25, 0.3) is 17.1 Å². The molecule has 1 aliphatic rings. The van der Waals surface area contributed by atoms with Gasteiger partial charge in [-0.2, -0.15) is 0 Å². The molecule has 0 bridgehead atoms. The molecule has 2 heterocycles. The van der Waals surface area contributed by atoms with Gasteiger partial charge in [0.05, 0.1) is 12.5 Å². The van der Waals surface area contributed by atoms with Gasteiger partial charge in [-0.05, 0) is 12.5 Å². The van der Waals surface area contributed by atoms with Crippen LogP contribution in [0.5, 0.6) is 5.75 Å². The lowest BCUT2D eigenvalue weighted by Gasteiger charge is -2.23. The Kier molecular flexibility index (Phi) is 6.07. The van der Waals surface area contributed by atoms with E-state index in [-0.39, 0.29) is 47.1 Å². The smallest absolute Gasteiger partial charge is 0.341 e. The first kappa shape index (κ1) is 20.7. The van der Waals surface area contributed by atoms with Crippen LogP contribution >= 0.6 is 12.4 Å². The van der Waals surface area contributed by atoms with Crippen molar-refractivity contribution in [3.63, 3.8) is 0 Å². The standard InChI is InChI=1S/C17H17F2N3O4.ClH/c1-26-16-13-10(6-12(19)14(16)21-4-2-9(20)7-21)15(23)11(17(24)25)8-22(13)5-3-18;/h3,5-6,8-9H,2,4,7,20H2,1H3,(H,24,25);1H/b5-3-;. The third-order valence-electron chi connectivity index (χ3n) is 4.39. The number of ether oxygens (including phenoxy) is 1. The first-order valence-corrected chi connectivity index (χ1v) is 7.85. The summed E-state index contributed by atoms with van der Waals surface area (Å²) in [5, 5.41) is 8.97. The first-order chi connectivity index (χ1) is 12.4. The SMILES string of the molecule is COc1c(N2CCC(N)C2)c(F)cc2c(=O)c(C(=O)O)cn(/C=C\F)c12.Cl. The maximum atomic E-state index is 14.8. The molecular formula is C17H18ClF2N3O4. The molecule has 2 aromatic rings. The average Bonchev–Trinajstić information content (AvgIpc) is 3.02. The maximum Gasteiger partial charge on any atom is 0.341 e. The molecule has 1 aromatic carbocycles. The Balaban J connectivity index is 0.00000261. The van der Waals surface area contributed by atoms with E-state index < -0.39 is 22.8 Å². The van der Waals surface area contributed by atoms with Crippen LogP contribution in [0.1, 0.15) is 16.8 Å². The van der Waals surface area contributed by atoms with E-state index in [0.29, 0.717) is 19.5 Å². The highest BCUT2D eigenvalue weighted by molar-refractivity contribution is 5.97. The summed E-state index contributed by atoms with van der Waals surface area (Å²) in [6.07, 6.45) is 2.75. The number of fused-ring (bicyclic) bond motifs is 1. The Morgan fingerprint density at radius 2 is 2.19 bits per heavy atom. The minimum atomic E-state index is -1.49. The van der Waals surface area contributed by atoms with E-state index >= 15 is 0 Å². The largest absolute Gasteiger partial charge is 0.492 e. The summed E-state index contributed by atoms with van der Waals surface area (Å²) in [6.45, 7) is 0.894. The number of benzene rings is 1. The zero-order valence-corrected chi connectivity index (χ0v) is 15.1. The van der Waals surface area contributed by atoms with E-state index in [1.54, 1.807) is 4.90 Å². The highest BCUT2D eigenvalue weighted by atomic mass is 35.5. The Labute approximate surface area is 159 Å². The van der Waals surface area contributed by atoms with Gasteiger partial charge in [0.25, 0.3) is 0 Å². The van der Waals surface area contributed by atoms with E-state index in [4.69, 9.17) is 10.5 Å². The lowest BCUT2D eigenvalue weighted by molar-refractivity contribution is 0.0695. The quantitative estimate of drug-likeness (QED) is 0.815. The number of aromatic carboxylic acids is 1. The van der Waals surface area contributed by atoms with Crippen molar-refractivity contribution >= 4 is 41.2 Å². The minimum absolute atomic E-state index is 0. The third-order valence-corrected chi connectivity index (χ3v) is 4.39.